The largest absolute Gasteiger partial charge is 0.479 e. The number of benzene rings is 2. The van der Waals surface area contributed by atoms with Crippen LogP contribution in [-0.4, -0.2) is 175 Å². The smallest absolute Gasteiger partial charge is 0.335 e. The van der Waals surface area contributed by atoms with Gasteiger partial charge in [-0.15, -0.1) is 22.0 Å². The van der Waals surface area contributed by atoms with E-state index < -0.39 is 42.6 Å². The van der Waals surface area contributed by atoms with E-state index in [0.29, 0.717) is 92.7 Å². The lowest BCUT2D eigenvalue weighted by Gasteiger charge is -2.44. The van der Waals surface area contributed by atoms with Gasteiger partial charge in [0.25, 0.3) is 23.6 Å². The Labute approximate surface area is 467 Å². The summed E-state index contributed by atoms with van der Waals surface area (Å²) in [5.41, 5.74) is 3.90. The lowest BCUT2D eigenvalue weighted by molar-refractivity contribution is -0.960. The topological polar surface area (TPSA) is 297 Å². The van der Waals surface area contributed by atoms with E-state index in [-0.39, 0.29) is 66.4 Å². The van der Waals surface area contributed by atoms with Gasteiger partial charge in [0.15, 0.2) is 6.10 Å². The number of nitrogens with zero attached hydrogens (tertiary/aromatic N) is 7. The number of nitrogens with one attached hydrogen (secondary N) is 3. The Hall–Kier alpha value is -6.80. The summed E-state index contributed by atoms with van der Waals surface area (Å²) in [6.45, 7) is 9.15. The van der Waals surface area contributed by atoms with Gasteiger partial charge in [0, 0.05) is 91.1 Å². The molecule has 4 aromatic rings. The van der Waals surface area contributed by atoms with Crippen molar-refractivity contribution in [3.63, 3.8) is 0 Å². The van der Waals surface area contributed by atoms with Crippen LogP contribution < -0.4 is 25.6 Å². The number of hydrogen-bond acceptors (Lipinski definition) is 17. The molecular weight excluding hydrogens is 1050 g/mol. The van der Waals surface area contributed by atoms with Crippen molar-refractivity contribution >= 4 is 58.9 Å². The summed E-state index contributed by atoms with van der Waals surface area (Å²) in [4.78, 5) is 86.3. The van der Waals surface area contributed by atoms with Crippen molar-refractivity contribution < 1.29 is 67.9 Å². The molecule has 0 saturated carbocycles. The lowest BCUT2D eigenvalue weighted by atomic mass is 9.75. The zero-order valence-electron chi connectivity index (χ0n) is 45.5. The Bertz CT molecular complexity index is 3010. The van der Waals surface area contributed by atoms with E-state index in [9.17, 15) is 49.2 Å². The van der Waals surface area contributed by atoms with Crippen LogP contribution in [0.5, 0.6) is 5.75 Å². The van der Waals surface area contributed by atoms with Crippen molar-refractivity contribution in [2.75, 3.05) is 69.0 Å². The van der Waals surface area contributed by atoms with E-state index in [4.69, 9.17) is 19.2 Å². The summed E-state index contributed by atoms with van der Waals surface area (Å²) in [5.74, 6) is -1.02. The number of thioether (sulfide) groups is 1. The molecule has 0 bridgehead atoms. The zero-order valence-corrected chi connectivity index (χ0v) is 46.3. The van der Waals surface area contributed by atoms with Gasteiger partial charge in [-0.2, -0.15) is 0 Å². The van der Waals surface area contributed by atoms with Crippen LogP contribution >= 0.6 is 11.8 Å². The number of imide groups is 1. The van der Waals surface area contributed by atoms with Gasteiger partial charge in [0.2, 0.25) is 12.2 Å². The number of fused-ring (bicyclic) bond motifs is 1. The third kappa shape index (κ3) is 12.7. The number of carboxylic acids is 1. The van der Waals surface area contributed by atoms with Gasteiger partial charge in [-0.25, -0.2) is 9.78 Å². The van der Waals surface area contributed by atoms with Crippen LogP contribution in [0.15, 0.2) is 65.8 Å². The normalized spacial score (nSPS) is 24.2. The molecule has 5 aliphatic heterocycles. The fraction of sp³-hybridized carbons (Fsp3) is 0.518. The molecule has 2 aromatic carbocycles. The van der Waals surface area contributed by atoms with Gasteiger partial charge in [-0.05, 0) is 92.5 Å². The van der Waals surface area contributed by atoms with Crippen LogP contribution in [0.4, 0.5) is 11.6 Å². The Morgan fingerprint density at radius 2 is 1.70 bits per heavy atom. The zero-order chi connectivity index (χ0) is 56.9. The second kappa shape index (κ2) is 24.9. The van der Waals surface area contributed by atoms with Crippen LogP contribution in [0.3, 0.4) is 0 Å². The monoisotopic (exact) mass is 1120 g/mol. The molecule has 0 spiro atoms. The number of rotatable bonds is 24. The standard InChI is InChI=1S/C56H70N10O13S/c1-5-57-42-23-36(56(30-77-31-56)25-44-62-60-32-63(44)3)24-43(61-42)65-26-39-37(53(65)74)21-35(22-41(39)80-4)29-66(19-9-10-33(2)27-66)28-34-12-13-40(78-55-50(72)48(70)49(71)51(79-55)54(75)76)38(20-34)52(73)59-17-16-58-45(67)11-7-6-8-18-64-46(68)14-15-47(64)69/h12-15,20-24,32-33,48-51,55,70-72H,5-11,16-19,25-31H2,1-4H3,(H3-,57,58,59,61,67,73,75,76)/p+1/t33-,48-,49-,50+,51-,55+,66?/m0/s1. The first-order valence-corrected chi connectivity index (χ1v) is 28.5. The molecule has 80 heavy (non-hydrogen) atoms. The third-order valence-corrected chi connectivity index (χ3v) is 16.5. The predicted molar refractivity (Wildman–Crippen MR) is 291 cm³/mol. The molecule has 5 amide bonds. The maximum atomic E-state index is 14.8. The summed E-state index contributed by atoms with van der Waals surface area (Å²) in [6.07, 6.45) is 1.08. The summed E-state index contributed by atoms with van der Waals surface area (Å²) in [5, 5.41) is 59.1. The minimum absolute atomic E-state index is 0.0105. The average molecular weight is 1120 g/mol. The van der Waals surface area contributed by atoms with Gasteiger partial charge in [-0.3, -0.25) is 33.8 Å². The molecule has 23 nitrogen and oxygen atoms in total. The van der Waals surface area contributed by atoms with Gasteiger partial charge in [0.05, 0.1) is 38.4 Å². The highest BCUT2D eigenvalue weighted by molar-refractivity contribution is 7.98. The quantitative estimate of drug-likeness (QED) is 0.0230. The van der Waals surface area contributed by atoms with Crippen molar-refractivity contribution in [1.29, 1.82) is 0 Å². The fourth-order valence-electron chi connectivity index (χ4n) is 11.5. The number of quaternary nitrogens is 1. The number of aliphatic hydroxyl groups is 3. The summed E-state index contributed by atoms with van der Waals surface area (Å²) in [6, 6.07) is 13.2. The molecule has 3 saturated heterocycles. The van der Waals surface area contributed by atoms with Crippen molar-refractivity contribution in [3.05, 3.63) is 100 Å². The van der Waals surface area contributed by atoms with E-state index in [2.05, 4.69) is 39.1 Å². The lowest BCUT2D eigenvalue weighted by Crippen LogP contribution is -2.61. The molecule has 428 valence electrons. The number of unbranched alkanes of at least 4 members (excludes halogenated alkanes) is 2. The minimum Gasteiger partial charge on any atom is -0.479 e. The van der Waals surface area contributed by atoms with E-state index in [1.807, 2.05) is 43.0 Å². The van der Waals surface area contributed by atoms with Crippen LogP contribution in [0, 0.1) is 5.92 Å². The van der Waals surface area contributed by atoms with Crippen molar-refractivity contribution in [3.8, 4) is 5.75 Å². The van der Waals surface area contributed by atoms with Crippen LogP contribution in [0.1, 0.15) is 101 Å². The number of carbonyl (C=O) groups excluding carboxylic acids is 5. The molecule has 24 heteroatoms. The molecule has 0 aliphatic carbocycles. The number of ether oxygens (including phenoxy) is 3. The van der Waals surface area contributed by atoms with Gasteiger partial charge in [0.1, 0.15) is 60.9 Å². The number of carboxylic acid groups (broad SMARTS) is 1. The SMILES string of the molecule is CCNc1cc(C2(Cc3nncn3C)COC2)cc(N2Cc3c(SC)cc(C[N+]4(Cc5ccc(O[C@@H]6O[C@H](C(=O)O)[C@@H](O)[C@H](O)[C@H]6O)c(C(=O)NCCNC(=O)CCCCCN6C(=O)C=CC6=O)c5)CCC[C@H](C)C4)cc3C2=O)n1. The summed E-state index contributed by atoms with van der Waals surface area (Å²) >= 11 is 1.59. The Kier molecular flexibility index (Phi) is 18.0. The summed E-state index contributed by atoms with van der Waals surface area (Å²) in [7, 11) is 1.92. The molecule has 0 radical (unpaired) electrons. The number of hydrogen-bond donors (Lipinski definition) is 7. The first-order chi connectivity index (χ1) is 38.4. The first kappa shape index (κ1) is 57.9. The number of carbonyl (C=O) groups is 6. The van der Waals surface area contributed by atoms with Crippen LogP contribution in [0.25, 0.3) is 0 Å². The molecule has 3 fully saturated rings. The van der Waals surface area contributed by atoms with Gasteiger partial charge < -0.3 is 59.6 Å². The Balaban J connectivity index is 0.934. The Morgan fingerprint density at radius 1 is 0.938 bits per heavy atom. The number of amides is 5. The van der Waals surface area contributed by atoms with E-state index in [0.717, 1.165) is 63.8 Å². The van der Waals surface area contributed by atoms with Crippen LogP contribution in [-0.2, 0) is 67.2 Å². The number of piperidine rings is 1. The number of anilines is 2. The highest BCUT2D eigenvalue weighted by Crippen LogP contribution is 2.42. The minimum atomic E-state index is -1.96. The number of aliphatic carboxylic acids is 1. The maximum absolute atomic E-state index is 14.8. The maximum Gasteiger partial charge on any atom is 0.335 e. The number of aliphatic hydroxyl groups excluding tert-OH is 3. The molecule has 9 rings (SSSR count). The van der Waals surface area contributed by atoms with Crippen LogP contribution in [0.2, 0.25) is 0 Å². The van der Waals surface area contributed by atoms with Crippen molar-refractivity contribution in [2.24, 2.45) is 13.0 Å². The van der Waals surface area contributed by atoms with Gasteiger partial charge in [-0.1, -0.05) is 13.3 Å². The molecule has 7 atom stereocenters. The fourth-order valence-corrected chi connectivity index (χ4v) is 12.2. The highest BCUT2D eigenvalue weighted by atomic mass is 32.2. The predicted octanol–water partition coefficient (Wildman–Crippen LogP) is 2.58. The number of aryl methyl sites for hydroxylation is 1. The molecule has 5 aliphatic rings. The molecule has 7 N–H and O–H groups in total. The van der Waals surface area contributed by atoms with E-state index >= 15 is 0 Å². The van der Waals surface area contributed by atoms with Gasteiger partial charge >= 0.3 is 5.97 Å². The second-order valence-electron chi connectivity index (χ2n) is 21.7. The van der Waals surface area contributed by atoms with E-state index in [1.165, 1.54) is 18.2 Å². The molecule has 2 aromatic heterocycles. The molecule has 1 unspecified atom stereocenters. The Morgan fingerprint density at radius 3 is 2.39 bits per heavy atom. The molecular formula is C56H71N10O13S+. The van der Waals surface area contributed by atoms with Crippen molar-refractivity contribution in [1.82, 2.24) is 35.3 Å². The second-order valence-corrected chi connectivity index (χ2v) is 22.6. The van der Waals surface area contributed by atoms with Crippen molar-refractivity contribution in [2.45, 2.75) is 119 Å². The summed E-state index contributed by atoms with van der Waals surface area (Å²) < 4.78 is 19.8. The average Bonchev–Trinajstić information content (AvgIpc) is 4.15. The first-order valence-electron chi connectivity index (χ1n) is 27.2. The molecule has 7 heterocycles. The number of likely N-dealkylation sites (tertiary alicyclic amines) is 1. The van der Waals surface area contributed by atoms with E-state index in [1.54, 1.807) is 35.1 Å². The highest BCUT2D eigenvalue weighted by Gasteiger charge is 2.49. The number of pyridine rings is 1. The third-order valence-electron chi connectivity index (χ3n) is 15.7. The number of aromatic nitrogens is 4.